The molecule has 120 valence electrons. The average Bonchev–Trinajstić information content (AvgIpc) is 3.05. The zero-order valence-corrected chi connectivity index (χ0v) is 12.6. The van der Waals surface area contributed by atoms with Gasteiger partial charge in [-0.15, -0.1) is 0 Å². The van der Waals surface area contributed by atoms with Crippen molar-refractivity contribution in [2.45, 2.75) is 44.8 Å². The number of ether oxygens (including phenoxy) is 1. The number of carbonyl (C=O) groups excluding carboxylic acids is 2. The minimum absolute atomic E-state index is 0.174. The van der Waals surface area contributed by atoms with Gasteiger partial charge >= 0.3 is 6.09 Å². The number of nitrogens with one attached hydrogen (secondary N) is 2. The van der Waals surface area contributed by atoms with Gasteiger partial charge in [0.25, 0.3) is 5.91 Å². The topological polar surface area (TPSA) is 93.5 Å². The first-order valence-corrected chi connectivity index (χ1v) is 7.66. The van der Waals surface area contributed by atoms with Gasteiger partial charge in [0.05, 0.1) is 0 Å². The highest BCUT2D eigenvalue weighted by atomic mass is 16.5. The second kappa shape index (κ2) is 8.38. The van der Waals surface area contributed by atoms with Crippen LogP contribution in [0.4, 0.5) is 4.79 Å². The first kappa shape index (κ1) is 16.3. The van der Waals surface area contributed by atoms with Crippen LogP contribution in [0.25, 0.3) is 0 Å². The number of nitrogens with two attached hydrogens (primary N) is 1. The Morgan fingerprint density at radius 2 is 1.91 bits per heavy atom. The van der Waals surface area contributed by atoms with Crippen LogP contribution in [0.5, 0.6) is 0 Å². The highest BCUT2D eigenvalue weighted by Crippen LogP contribution is 2.28. The molecule has 0 bridgehead atoms. The summed E-state index contributed by atoms with van der Waals surface area (Å²) in [4.78, 5) is 23.7. The number of carbonyl (C=O) groups is 2. The van der Waals surface area contributed by atoms with E-state index in [0.29, 0.717) is 12.3 Å². The lowest BCUT2D eigenvalue weighted by molar-refractivity contribution is -0.123. The lowest BCUT2D eigenvalue weighted by Gasteiger charge is -2.20. The van der Waals surface area contributed by atoms with Crippen molar-refractivity contribution >= 4 is 12.0 Å². The van der Waals surface area contributed by atoms with Crippen LogP contribution < -0.4 is 16.6 Å². The minimum Gasteiger partial charge on any atom is -0.445 e. The Hall–Kier alpha value is -2.08. The highest BCUT2D eigenvalue weighted by molar-refractivity contribution is 5.85. The number of rotatable bonds is 6. The minimum atomic E-state index is -0.642. The van der Waals surface area contributed by atoms with Crippen molar-refractivity contribution in [2.24, 2.45) is 11.8 Å². The number of hydrogen-bond acceptors (Lipinski definition) is 4. The molecule has 1 aliphatic rings. The van der Waals surface area contributed by atoms with E-state index in [9.17, 15) is 9.59 Å². The molecule has 0 radical (unpaired) electrons. The van der Waals surface area contributed by atoms with E-state index in [2.05, 4.69) is 10.7 Å². The Labute approximate surface area is 130 Å². The largest absolute Gasteiger partial charge is 0.445 e. The summed E-state index contributed by atoms with van der Waals surface area (Å²) in [7, 11) is 0. The Morgan fingerprint density at radius 3 is 2.55 bits per heavy atom. The SMILES string of the molecule is NNC(=O)C(CC1CCCC1)NC(=O)OCc1ccccc1. The summed E-state index contributed by atoms with van der Waals surface area (Å²) in [6.45, 7) is 0.174. The smallest absolute Gasteiger partial charge is 0.408 e. The van der Waals surface area contributed by atoms with E-state index in [1.165, 1.54) is 12.8 Å². The van der Waals surface area contributed by atoms with Crippen LogP contribution in [0.1, 0.15) is 37.7 Å². The molecule has 1 aliphatic carbocycles. The molecule has 1 unspecified atom stereocenters. The Bertz CT molecular complexity index is 487. The van der Waals surface area contributed by atoms with Crippen molar-refractivity contribution in [3.8, 4) is 0 Å². The lowest BCUT2D eigenvalue weighted by atomic mass is 9.98. The van der Waals surface area contributed by atoms with Gasteiger partial charge < -0.3 is 10.1 Å². The number of hydrazine groups is 1. The summed E-state index contributed by atoms with van der Waals surface area (Å²) in [6.07, 6.45) is 4.55. The van der Waals surface area contributed by atoms with Gasteiger partial charge in [0.15, 0.2) is 0 Å². The van der Waals surface area contributed by atoms with Gasteiger partial charge in [0, 0.05) is 0 Å². The third kappa shape index (κ3) is 5.04. The van der Waals surface area contributed by atoms with Gasteiger partial charge in [-0.1, -0.05) is 56.0 Å². The molecule has 6 heteroatoms. The zero-order chi connectivity index (χ0) is 15.8. The van der Waals surface area contributed by atoms with Crippen molar-refractivity contribution in [1.29, 1.82) is 0 Å². The zero-order valence-electron chi connectivity index (χ0n) is 12.6. The number of hydrogen-bond donors (Lipinski definition) is 3. The van der Waals surface area contributed by atoms with E-state index < -0.39 is 12.1 Å². The molecule has 1 aromatic carbocycles. The molecule has 1 fully saturated rings. The van der Waals surface area contributed by atoms with Crippen LogP contribution in [0, 0.1) is 5.92 Å². The lowest BCUT2D eigenvalue weighted by Crippen LogP contribution is -2.49. The van der Waals surface area contributed by atoms with Crippen LogP contribution in [0.2, 0.25) is 0 Å². The quantitative estimate of drug-likeness (QED) is 0.425. The maximum Gasteiger partial charge on any atom is 0.408 e. The molecular weight excluding hydrogens is 282 g/mol. The Balaban J connectivity index is 1.83. The molecule has 1 atom stereocenters. The maximum absolute atomic E-state index is 11.9. The van der Waals surface area contributed by atoms with Crippen LogP contribution in [-0.4, -0.2) is 18.0 Å². The predicted molar refractivity (Wildman–Crippen MR) is 82.5 cm³/mol. The molecule has 2 rings (SSSR count). The third-order valence-electron chi connectivity index (χ3n) is 4.01. The van der Waals surface area contributed by atoms with Gasteiger partial charge in [0.1, 0.15) is 12.6 Å². The van der Waals surface area contributed by atoms with E-state index >= 15 is 0 Å². The molecular formula is C16H23N3O3. The molecule has 1 saturated carbocycles. The second-order valence-corrected chi connectivity index (χ2v) is 5.65. The fourth-order valence-electron chi connectivity index (χ4n) is 2.82. The molecule has 0 heterocycles. The molecule has 1 aromatic rings. The van der Waals surface area contributed by atoms with Crippen molar-refractivity contribution in [2.75, 3.05) is 0 Å². The van der Waals surface area contributed by atoms with E-state index in [-0.39, 0.29) is 12.5 Å². The van der Waals surface area contributed by atoms with Gasteiger partial charge in [-0.3, -0.25) is 10.2 Å². The molecule has 22 heavy (non-hydrogen) atoms. The molecule has 0 aliphatic heterocycles. The molecule has 4 N–H and O–H groups in total. The summed E-state index contributed by atoms with van der Waals surface area (Å²) in [5, 5.41) is 2.61. The van der Waals surface area contributed by atoms with E-state index in [0.717, 1.165) is 18.4 Å². The van der Waals surface area contributed by atoms with E-state index in [1.807, 2.05) is 30.3 Å². The summed E-state index contributed by atoms with van der Waals surface area (Å²) in [5.74, 6) is 5.27. The normalized spacial score (nSPS) is 16.0. The van der Waals surface area contributed by atoms with E-state index in [1.54, 1.807) is 0 Å². The maximum atomic E-state index is 11.9. The molecule has 0 saturated heterocycles. The standard InChI is InChI=1S/C16H23N3O3/c17-19-15(20)14(10-12-6-4-5-7-12)18-16(21)22-11-13-8-2-1-3-9-13/h1-3,8-9,12,14H,4-7,10-11,17H2,(H,18,21)(H,19,20). The van der Waals surface area contributed by atoms with E-state index in [4.69, 9.17) is 10.6 Å². The van der Waals surface area contributed by atoms with Crippen molar-refractivity contribution < 1.29 is 14.3 Å². The van der Waals surface area contributed by atoms with Crippen molar-refractivity contribution in [1.82, 2.24) is 10.7 Å². The molecule has 0 aromatic heterocycles. The summed E-state index contributed by atoms with van der Waals surface area (Å²) in [6, 6.07) is 8.75. The fraction of sp³-hybridized carbons (Fsp3) is 0.500. The van der Waals surface area contributed by atoms with Gasteiger partial charge in [-0.25, -0.2) is 10.6 Å². The van der Waals surface area contributed by atoms with Crippen molar-refractivity contribution in [3.05, 3.63) is 35.9 Å². The monoisotopic (exact) mass is 305 g/mol. The highest BCUT2D eigenvalue weighted by Gasteiger charge is 2.26. The first-order valence-electron chi connectivity index (χ1n) is 7.66. The predicted octanol–water partition coefficient (Wildman–Crippen LogP) is 1.85. The Kier molecular flexibility index (Phi) is 6.21. The van der Waals surface area contributed by atoms with Crippen LogP contribution >= 0.6 is 0 Å². The third-order valence-corrected chi connectivity index (χ3v) is 4.01. The second-order valence-electron chi connectivity index (χ2n) is 5.65. The van der Waals surface area contributed by atoms with Crippen molar-refractivity contribution in [3.63, 3.8) is 0 Å². The van der Waals surface area contributed by atoms with Gasteiger partial charge in [-0.2, -0.15) is 0 Å². The fourth-order valence-corrected chi connectivity index (χ4v) is 2.82. The number of amides is 2. The Morgan fingerprint density at radius 1 is 1.23 bits per heavy atom. The molecule has 0 spiro atoms. The molecule has 6 nitrogen and oxygen atoms in total. The first-order chi connectivity index (χ1) is 10.7. The number of benzene rings is 1. The van der Waals surface area contributed by atoms with Crippen LogP contribution in [-0.2, 0) is 16.1 Å². The summed E-state index contributed by atoms with van der Waals surface area (Å²) < 4.78 is 5.15. The average molecular weight is 305 g/mol. The van der Waals surface area contributed by atoms with Gasteiger partial charge in [-0.05, 0) is 17.9 Å². The van der Waals surface area contributed by atoms with Crippen LogP contribution in [0.3, 0.4) is 0 Å². The number of alkyl carbamates (subject to hydrolysis) is 1. The van der Waals surface area contributed by atoms with Crippen LogP contribution in [0.15, 0.2) is 30.3 Å². The van der Waals surface area contributed by atoms with Gasteiger partial charge in [0.2, 0.25) is 0 Å². The summed E-state index contributed by atoms with van der Waals surface area (Å²) in [5.41, 5.74) is 3.01. The summed E-state index contributed by atoms with van der Waals surface area (Å²) >= 11 is 0. The molecule has 2 amide bonds.